The number of fused-ring (bicyclic) bond motifs is 1. The summed E-state index contributed by atoms with van der Waals surface area (Å²) in [6.45, 7) is 0. The van der Waals surface area contributed by atoms with Gasteiger partial charge in [0.25, 0.3) is 0 Å². The topological polar surface area (TPSA) is 45.8 Å². The average molecular weight is 276 g/mol. The van der Waals surface area contributed by atoms with Gasteiger partial charge in [-0.25, -0.2) is 13.8 Å². The first-order valence-corrected chi connectivity index (χ1v) is 6.68. The van der Waals surface area contributed by atoms with E-state index < -0.39 is 17.4 Å². The van der Waals surface area contributed by atoms with Crippen molar-refractivity contribution in [2.24, 2.45) is 0 Å². The van der Waals surface area contributed by atoms with E-state index in [9.17, 15) is 13.6 Å². The molecule has 0 bridgehead atoms. The van der Waals surface area contributed by atoms with Gasteiger partial charge in [0.15, 0.2) is 5.78 Å². The summed E-state index contributed by atoms with van der Waals surface area (Å²) in [5.41, 5.74) is 1.84. The Bertz CT molecular complexity index is 640. The Morgan fingerprint density at radius 1 is 1.25 bits per heavy atom. The molecule has 1 aromatic carbocycles. The number of nitrogens with zero attached hydrogens (tertiary/aromatic N) is 1. The summed E-state index contributed by atoms with van der Waals surface area (Å²) < 4.78 is 26.6. The predicted octanol–water partition coefficient (Wildman–Crippen LogP) is 2.99. The van der Waals surface area contributed by atoms with E-state index in [2.05, 4.69) is 9.97 Å². The normalized spacial score (nSPS) is 14.1. The third-order valence-electron chi connectivity index (χ3n) is 3.56. The summed E-state index contributed by atoms with van der Waals surface area (Å²) in [5, 5.41) is 0. The number of ketones is 1. The van der Waals surface area contributed by atoms with E-state index in [0.29, 0.717) is 5.82 Å². The van der Waals surface area contributed by atoms with Crippen LogP contribution in [0.4, 0.5) is 8.78 Å². The van der Waals surface area contributed by atoms with Crippen molar-refractivity contribution in [2.75, 3.05) is 0 Å². The molecule has 0 spiro atoms. The molecule has 1 aromatic heterocycles. The number of benzene rings is 1. The van der Waals surface area contributed by atoms with Crippen LogP contribution >= 0.6 is 0 Å². The third-order valence-corrected chi connectivity index (χ3v) is 3.56. The molecule has 3 rings (SSSR count). The van der Waals surface area contributed by atoms with Gasteiger partial charge in [-0.1, -0.05) is 0 Å². The highest BCUT2D eigenvalue weighted by molar-refractivity contribution is 5.97. The number of rotatable bonds is 3. The van der Waals surface area contributed by atoms with Crippen LogP contribution in [0.2, 0.25) is 0 Å². The van der Waals surface area contributed by atoms with Gasteiger partial charge in [0, 0.05) is 5.69 Å². The molecule has 20 heavy (non-hydrogen) atoms. The molecule has 0 atom stereocenters. The molecule has 1 N–H and O–H groups in total. The number of hydrogen-bond acceptors (Lipinski definition) is 2. The van der Waals surface area contributed by atoms with E-state index in [1.54, 1.807) is 0 Å². The van der Waals surface area contributed by atoms with Crippen LogP contribution in [0.1, 0.15) is 40.4 Å². The van der Waals surface area contributed by atoms with Crippen molar-refractivity contribution in [1.29, 1.82) is 0 Å². The number of carbonyl (C=O) groups excluding carboxylic acids is 1. The van der Waals surface area contributed by atoms with Gasteiger partial charge in [-0.3, -0.25) is 4.79 Å². The maximum atomic E-state index is 13.5. The molecule has 0 saturated heterocycles. The largest absolute Gasteiger partial charge is 0.345 e. The van der Waals surface area contributed by atoms with Gasteiger partial charge in [0.05, 0.1) is 17.7 Å². The Morgan fingerprint density at radius 3 is 2.85 bits per heavy atom. The van der Waals surface area contributed by atoms with Crippen LogP contribution in [-0.4, -0.2) is 15.8 Å². The fourth-order valence-corrected chi connectivity index (χ4v) is 2.55. The lowest BCUT2D eigenvalue weighted by Gasteiger charge is -2.07. The summed E-state index contributed by atoms with van der Waals surface area (Å²) in [6, 6.07) is 2.90. The van der Waals surface area contributed by atoms with E-state index in [1.807, 2.05) is 0 Å². The fourth-order valence-electron chi connectivity index (χ4n) is 2.55. The molecule has 1 aliphatic rings. The summed E-state index contributed by atoms with van der Waals surface area (Å²) in [6.07, 6.45) is 4.03. The van der Waals surface area contributed by atoms with Crippen molar-refractivity contribution in [1.82, 2.24) is 9.97 Å². The zero-order valence-corrected chi connectivity index (χ0v) is 10.9. The van der Waals surface area contributed by atoms with E-state index in [-0.39, 0.29) is 12.0 Å². The van der Waals surface area contributed by atoms with Crippen LogP contribution in [0.3, 0.4) is 0 Å². The first-order valence-electron chi connectivity index (χ1n) is 6.68. The number of halogens is 2. The van der Waals surface area contributed by atoms with Gasteiger partial charge >= 0.3 is 0 Å². The van der Waals surface area contributed by atoms with Crippen LogP contribution in [0.15, 0.2) is 18.2 Å². The van der Waals surface area contributed by atoms with Crippen molar-refractivity contribution in [3.05, 3.63) is 52.6 Å². The minimum Gasteiger partial charge on any atom is -0.345 e. The van der Waals surface area contributed by atoms with E-state index >= 15 is 0 Å². The molecule has 0 unspecified atom stereocenters. The number of Topliss-reactive ketones (excluding diaryl/α,β-unsaturated/α-hetero) is 1. The van der Waals surface area contributed by atoms with Crippen LogP contribution < -0.4 is 0 Å². The monoisotopic (exact) mass is 276 g/mol. The number of carbonyl (C=O) groups is 1. The van der Waals surface area contributed by atoms with Gasteiger partial charge in [-0.05, 0) is 43.9 Å². The van der Waals surface area contributed by atoms with Gasteiger partial charge in [-0.2, -0.15) is 0 Å². The Morgan fingerprint density at radius 2 is 2.05 bits per heavy atom. The molecule has 0 amide bonds. The van der Waals surface area contributed by atoms with E-state index in [4.69, 9.17) is 0 Å². The summed E-state index contributed by atoms with van der Waals surface area (Å²) in [7, 11) is 0. The zero-order valence-electron chi connectivity index (χ0n) is 10.9. The number of imidazole rings is 1. The fraction of sp³-hybridized carbons (Fsp3) is 0.333. The maximum Gasteiger partial charge on any atom is 0.173 e. The van der Waals surface area contributed by atoms with Crippen molar-refractivity contribution >= 4 is 5.78 Å². The number of aromatic nitrogens is 2. The summed E-state index contributed by atoms with van der Waals surface area (Å²) >= 11 is 0. The van der Waals surface area contributed by atoms with Crippen LogP contribution in [0.5, 0.6) is 0 Å². The first-order chi connectivity index (χ1) is 9.63. The Kier molecular flexibility index (Phi) is 3.34. The van der Waals surface area contributed by atoms with E-state index in [1.165, 1.54) is 0 Å². The second kappa shape index (κ2) is 5.15. The predicted molar refractivity (Wildman–Crippen MR) is 69.6 cm³/mol. The van der Waals surface area contributed by atoms with Crippen molar-refractivity contribution in [3.8, 4) is 0 Å². The lowest BCUT2D eigenvalue weighted by atomic mass is 10.0. The van der Waals surface area contributed by atoms with Crippen LogP contribution in [0.25, 0.3) is 0 Å². The number of hydrogen-bond donors (Lipinski definition) is 1. The smallest absolute Gasteiger partial charge is 0.173 e. The van der Waals surface area contributed by atoms with Crippen molar-refractivity contribution < 1.29 is 13.6 Å². The molecule has 1 aliphatic carbocycles. The molecular weight excluding hydrogens is 262 g/mol. The van der Waals surface area contributed by atoms with Gasteiger partial charge < -0.3 is 4.98 Å². The second-order valence-electron chi connectivity index (χ2n) is 5.04. The quantitative estimate of drug-likeness (QED) is 0.876. The molecule has 0 aliphatic heterocycles. The minimum atomic E-state index is -0.701. The molecule has 1 heterocycles. The number of H-pyrrole nitrogens is 1. The average Bonchev–Trinajstić information content (AvgIpc) is 2.83. The highest BCUT2D eigenvalue weighted by Crippen LogP contribution is 2.20. The molecule has 5 heteroatoms. The van der Waals surface area contributed by atoms with Gasteiger partial charge in [0.1, 0.15) is 17.5 Å². The summed E-state index contributed by atoms with van der Waals surface area (Å²) in [4.78, 5) is 19.5. The zero-order chi connectivity index (χ0) is 14.1. The standard InChI is InChI=1S/C15H14F2N2O/c16-9-5-6-11(17)10(7-9)14(20)8-15-18-12-3-1-2-4-13(12)19-15/h5-7H,1-4,8H2,(H,18,19). The van der Waals surface area contributed by atoms with Gasteiger partial charge in [-0.15, -0.1) is 0 Å². The second-order valence-corrected chi connectivity index (χ2v) is 5.04. The molecular formula is C15H14F2N2O. The Balaban J connectivity index is 1.82. The maximum absolute atomic E-state index is 13.5. The molecule has 0 radical (unpaired) electrons. The lowest BCUT2D eigenvalue weighted by molar-refractivity contribution is 0.0986. The van der Waals surface area contributed by atoms with E-state index in [0.717, 1.165) is 55.3 Å². The molecule has 0 fully saturated rings. The highest BCUT2D eigenvalue weighted by atomic mass is 19.1. The highest BCUT2D eigenvalue weighted by Gasteiger charge is 2.18. The lowest BCUT2D eigenvalue weighted by Crippen LogP contribution is -2.08. The minimum absolute atomic E-state index is 0.0344. The Hall–Kier alpha value is -2.04. The summed E-state index contributed by atoms with van der Waals surface area (Å²) in [5.74, 6) is -1.25. The molecule has 3 nitrogen and oxygen atoms in total. The first kappa shape index (κ1) is 13.0. The van der Waals surface area contributed by atoms with Gasteiger partial charge in [0.2, 0.25) is 0 Å². The number of nitrogens with one attached hydrogen (secondary N) is 1. The van der Waals surface area contributed by atoms with Crippen molar-refractivity contribution in [3.63, 3.8) is 0 Å². The third kappa shape index (κ3) is 2.48. The molecule has 0 saturated carbocycles. The molecule has 104 valence electrons. The van der Waals surface area contributed by atoms with Crippen LogP contribution in [0, 0.1) is 11.6 Å². The molecule has 2 aromatic rings. The SMILES string of the molecule is O=C(Cc1nc2c([nH]1)CCCC2)c1cc(F)ccc1F. The van der Waals surface area contributed by atoms with Crippen molar-refractivity contribution in [2.45, 2.75) is 32.1 Å². The number of aromatic amines is 1. The van der Waals surface area contributed by atoms with Crippen LogP contribution in [-0.2, 0) is 19.3 Å². The number of aryl methyl sites for hydroxylation is 2. The Labute approximate surface area is 115 Å².